The molecule has 2 aromatic rings. The largest absolute Gasteiger partial charge is 0.322 e. The van der Waals surface area contributed by atoms with E-state index >= 15 is 0 Å². The van der Waals surface area contributed by atoms with Crippen LogP contribution in [0.5, 0.6) is 0 Å². The van der Waals surface area contributed by atoms with Gasteiger partial charge in [-0.2, -0.15) is 4.31 Å². The average molecular weight is 441 g/mol. The quantitative estimate of drug-likeness (QED) is 0.716. The Bertz CT molecular complexity index is 985. The van der Waals surface area contributed by atoms with Gasteiger partial charge in [0.2, 0.25) is 10.0 Å². The highest BCUT2D eigenvalue weighted by Gasteiger charge is 2.27. The van der Waals surface area contributed by atoms with Crippen molar-refractivity contribution in [2.45, 2.75) is 37.5 Å². The number of nitrogens with zero attached hydrogens (tertiary/aromatic N) is 1. The first-order chi connectivity index (χ1) is 13.3. The number of rotatable bonds is 4. The van der Waals surface area contributed by atoms with Crippen LogP contribution in [0.15, 0.2) is 41.3 Å². The Balaban J connectivity index is 1.87. The van der Waals surface area contributed by atoms with E-state index in [2.05, 4.69) is 5.32 Å². The number of hydrogen-bond donors (Lipinski definition) is 1. The third-order valence-corrected chi connectivity index (χ3v) is 7.59. The summed E-state index contributed by atoms with van der Waals surface area (Å²) in [5.74, 6) is -0.411. The van der Waals surface area contributed by atoms with E-state index in [0.717, 1.165) is 25.7 Å². The fourth-order valence-electron chi connectivity index (χ4n) is 3.22. The van der Waals surface area contributed by atoms with Gasteiger partial charge in [0.1, 0.15) is 0 Å². The Morgan fingerprint density at radius 2 is 1.64 bits per heavy atom. The summed E-state index contributed by atoms with van der Waals surface area (Å²) < 4.78 is 27.8. The lowest BCUT2D eigenvalue weighted by Gasteiger charge is -2.21. The number of hydrogen-bond acceptors (Lipinski definition) is 3. The third kappa shape index (κ3) is 4.69. The van der Waals surface area contributed by atoms with Gasteiger partial charge in [0.25, 0.3) is 5.91 Å². The second-order valence-corrected chi connectivity index (χ2v) is 9.60. The second kappa shape index (κ2) is 8.82. The van der Waals surface area contributed by atoms with Crippen LogP contribution in [0.1, 0.15) is 41.6 Å². The minimum Gasteiger partial charge on any atom is -0.322 e. The van der Waals surface area contributed by atoms with Crippen molar-refractivity contribution in [3.63, 3.8) is 0 Å². The highest BCUT2D eigenvalue weighted by atomic mass is 35.5. The van der Waals surface area contributed by atoms with Crippen LogP contribution >= 0.6 is 23.2 Å². The summed E-state index contributed by atoms with van der Waals surface area (Å²) in [7, 11) is -3.64. The predicted molar refractivity (Wildman–Crippen MR) is 113 cm³/mol. The van der Waals surface area contributed by atoms with Gasteiger partial charge in [-0.05, 0) is 55.7 Å². The number of aryl methyl sites for hydroxylation is 1. The maximum atomic E-state index is 13.1. The Morgan fingerprint density at radius 1 is 0.964 bits per heavy atom. The molecule has 3 rings (SSSR count). The lowest BCUT2D eigenvalue weighted by Crippen LogP contribution is -2.32. The fraction of sp³-hybridized carbons (Fsp3) is 0.350. The van der Waals surface area contributed by atoms with E-state index in [9.17, 15) is 13.2 Å². The number of nitrogens with one attached hydrogen (secondary N) is 1. The molecule has 1 aliphatic heterocycles. The van der Waals surface area contributed by atoms with Crippen LogP contribution in [0.25, 0.3) is 0 Å². The molecule has 0 unspecified atom stereocenters. The van der Waals surface area contributed by atoms with Gasteiger partial charge >= 0.3 is 0 Å². The van der Waals surface area contributed by atoms with E-state index in [1.165, 1.54) is 10.4 Å². The van der Waals surface area contributed by atoms with Crippen LogP contribution in [-0.4, -0.2) is 31.7 Å². The molecule has 0 saturated carbocycles. The smallest absolute Gasteiger partial charge is 0.255 e. The second-order valence-electron chi connectivity index (χ2n) is 6.88. The lowest BCUT2D eigenvalue weighted by atomic mass is 10.1. The maximum Gasteiger partial charge on any atom is 0.255 e. The fourth-order valence-corrected chi connectivity index (χ4v) is 5.28. The summed E-state index contributed by atoms with van der Waals surface area (Å²) in [6.07, 6.45) is 3.79. The number of amides is 1. The zero-order valence-electron chi connectivity index (χ0n) is 15.5. The molecule has 0 spiro atoms. The van der Waals surface area contributed by atoms with Crippen LogP contribution in [-0.2, 0) is 10.0 Å². The molecule has 1 aliphatic rings. The van der Waals surface area contributed by atoms with Crippen LogP contribution in [0.4, 0.5) is 5.69 Å². The van der Waals surface area contributed by atoms with Gasteiger partial charge in [-0.1, -0.05) is 42.1 Å². The van der Waals surface area contributed by atoms with Crippen molar-refractivity contribution in [2.24, 2.45) is 0 Å². The molecule has 2 aromatic carbocycles. The van der Waals surface area contributed by atoms with Gasteiger partial charge < -0.3 is 5.32 Å². The standard InChI is InChI=1S/C20H22Cl2N2O3S/c1-14-6-7-15(20(25)23-16-8-9-17(21)18(22)13-16)12-19(14)28(26,27)24-10-4-2-3-5-11-24/h6-9,12-13H,2-5,10-11H2,1H3,(H,23,25). The normalized spacial score (nSPS) is 15.8. The summed E-state index contributed by atoms with van der Waals surface area (Å²) in [5, 5.41) is 3.44. The zero-order valence-corrected chi connectivity index (χ0v) is 17.9. The van der Waals surface area contributed by atoms with Crippen LogP contribution < -0.4 is 5.32 Å². The molecule has 0 radical (unpaired) electrons. The Labute approximate surface area is 175 Å². The SMILES string of the molecule is Cc1ccc(C(=O)Nc2ccc(Cl)c(Cl)c2)cc1S(=O)(=O)N1CCCCCC1. The molecular weight excluding hydrogens is 419 g/mol. The highest BCUT2D eigenvalue weighted by molar-refractivity contribution is 7.89. The van der Waals surface area contributed by atoms with Gasteiger partial charge in [-0.25, -0.2) is 8.42 Å². The van der Waals surface area contributed by atoms with E-state index in [4.69, 9.17) is 23.2 Å². The van der Waals surface area contributed by atoms with E-state index in [-0.39, 0.29) is 10.5 Å². The van der Waals surface area contributed by atoms with Crippen molar-refractivity contribution in [3.05, 3.63) is 57.6 Å². The van der Waals surface area contributed by atoms with Crippen molar-refractivity contribution in [2.75, 3.05) is 18.4 Å². The molecule has 28 heavy (non-hydrogen) atoms. The molecule has 0 aromatic heterocycles. The molecule has 1 heterocycles. The van der Waals surface area contributed by atoms with Gasteiger partial charge in [-0.3, -0.25) is 4.79 Å². The molecule has 150 valence electrons. The van der Waals surface area contributed by atoms with E-state index in [1.807, 2.05) is 0 Å². The molecular formula is C20H22Cl2N2O3S. The summed E-state index contributed by atoms with van der Waals surface area (Å²) in [6.45, 7) is 2.77. The van der Waals surface area contributed by atoms with Gasteiger partial charge in [0.05, 0.1) is 14.9 Å². The van der Waals surface area contributed by atoms with E-state index in [1.54, 1.807) is 37.3 Å². The van der Waals surface area contributed by atoms with Crippen LogP contribution in [0, 0.1) is 6.92 Å². The molecule has 1 amide bonds. The monoisotopic (exact) mass is 440 g/mol. The lowest BCUT2D eigenvalue weighted by molar-refractivity contribution is 0.102. The summed E-state index contributed by atoms with van der Waals surface area (Å²) in [5.41, 5.74) is 1.37. The number of halogens is 2. The summed E-state index contributed by atoms with van der Waals surface area (Å²) in [6, 6.07) is 9.49. The molecule has 1 fully saturated rings. The minimum absolute atomic E-state index is 0.177. The first kappa shape index (κ1) is 21.1. The van der Waals surface area contributed by atoms with Crippen LogP contribution in [0.2, 0.25) is 10.0 Å². The molecule has 0 aliphatic carbocycles. The molecule has 0 atom stereocenters. The Morgan fingerprint density at radius 3 is 2.29 bits per heavy atom. The Kier molecular flexibility index (Phi) is 6.65. The first-order valence-electron chi connectivity index (χ1n) is 9.16. The van der Waals surface area contributed by atoms with Crippen molar-refractivity contribution < 1.29 is 13.2 Å². The minimum atomic E-state index is -3.64. The molecule has 1 N–H and O–H groups in total. The zero-order chi connectivity index (χ0) is 20.3. The highest BCUT2D eigenvalue weighted by Crippen LogP contribution is 2.27. The van der Waals surface area contributed by atoms with Crippen molar-refractivity contribution in [1.82, 2.24) is 4.31 Å². The van der Waals surface area contributed by atoms with Gasteiger partial charge in [0.15, 0.2) is 0 Å². The number of benzene rings is 2. The van der Waals surface area contributed by atoms with Gasteiger partial charge in [0, 0.05) is 24.3 Å². The number of anilines is 1. The average Bonchev–Trinajstić information content (AvgIpc) is 2.95. The van der Waals surface area contributed by atoms with Crippen molar-refractivity contribution in [3.8, 4) is 0 Å². The number of sulfonamides is 1. The first-order valence-corrected chi connectivity index (χ1v) is 11.4. The molecule has 0 bridgehead atoms. The molecule has 5 nitrogen and oxygen atoms in total. The number of carbonyl (C=O) groups excluding carboxylic acids is 1. The molecule has 8 heteroatoms. The van der Waals surface area contributed by atoms with E-state index in [0.29, 0.717) is 34.4 Å². The van der Waals surface area contributed by atoms with Gasteiger partial charge in [-0.15, -0.1) is 0 Å². The maximum absolute atomic E-state index is 13.1. The third-order valence-electron chi connectivity index (χ3n) is 4.81. The predicted octanol–water partition coefficient (Wildman–Crippen LogP) is 5.12. The van der Waals surface area contributed by atoms with Crippen molar-refractivity contribution >= 4 is 44.8 Å². The Hall–Kier alpha value is -1.60. The van der Waals surface area contributed by atoms with E-state index < -0.39 is 15.9 Å². The van der Waals surface area contributed by atoms with Crippen LogP contribution in [0.3, 0.4) is 0 Å². The molecule has 1 saturated heterocycles. The number of carbonyl (C=O) groups is 1. The summed E-state index contributed by atoms with van der Waals surface area (Å²) in [4.78, 5) is 12.8. The summed E-state index contributed by atoms with van der Waals surface area (Å²) >= 11 is 11.9. The topological polar surface area (TPSA) is 66.5 Å². The van der Waals surface area contributed by atoms with Crippen molar-refractivity contribution in [1.29, 1.82) is 0 Å².